The minimum Gasteiger partial charge on any atom is -0.355 e. The van der Waals surface area contributed by atoms with Gasteiger partial charge in [0, 0.05) is 25.1 Å². The number of nitrogens with zero attached hydrogens (tertiary/aromatic N) is 3. The SMILES string of the molecule is NS(=O)(=O)c1ccc(CCNC(=O)CSC2=Nc3ccccc3C3=N[C@H](CCC(=O)NCc4ccc(F)cc4)C(=O)N23)cc1. The number of rotatable bonds is 11. The number of amidine groups is 2. The number of amides is 3. The van der Waals surface area contributed by atoms with Crippen LogP contribution in [-0.2, 0) is 37.4 Å². The van der Waals surface area contributed by atoms with E-state index in [1.165, 1.54) is 29.2 Å². The van der Waals surface area contributed by atoms with E-state index in [1.54, 1.807) is 30.3 Å². The highest BCUT2D eigenvalue weighted by molar-refractivity contribution is 8.14. The molecule has 3 amide bonds. The molecule has 0 saturated carbocycles. The van der Waals surface area contributed by atoms with Crippen molar-refractivity contribution in [3.8, 4) is 0 Å². The van der Waals surface area contributed by atoms with E-state index >= 15 is 0 Å². The number of sulfonamides is 1. The van der Waals surface area contributed by atoms with E-state index in [9.17, 15) is 27.2 Å². The first-order valence-electron chi connectivity index (χ1n) is 13.7. The first kappa shape index (κ1) is 31.0. The van der Waals surface area contributed by atoms with Gasteiger partial charge in [-0.1, -0.05) is 48.2 Å². The van der Waals surface area contributed by atoms with Gasteiger partial charge in [-0.15, -0.1) is 0 Å². The van der Waals surface area contributed by atoms with Crippen molar-refractivity contribution in [1.82, 2.24) is 15.5 Å². The number of carbonyl (C=O) groups excluding carboxylic acids is 3. The molecule has 3 aromatic carbocycles. The molecule has 2 aliphatic rings. The van der Waals surface area contributed by atoms with Gasteiger partial charge in [0.05, 0.1) is 16.3 Å². The molecule has 2 heterocycles. The van der Waals surface area contributed by atoms with Crippen molar-refractivity contribution >= 4 is 56.2 Å². The second-order valence-electron chi connectivity index (χ2n) is 10.1. The van der Waals surface area contributed by atoms with Gasteiger partial charge in [-0.3, -0.25) is 19.4 Å². The first-order valence-corrected chi connectivity index (χ1v) is 16.2. The summed E-state index contributed by atoms with van der Waals surface area (Å²) in [5.74, 6) is -0.770. The Kier molecular flexibility index (Phi) is 9.52. The third kappa shape index (κ3) is 7.56. The molecule has 0 saturated heterocycles. The number of primary sulfonamides is 1. The highest BCUT2D eigenvalue weighted by atomic mass is 32.2. The molecule has 5 rings (SSSR count). The Morgan fingerprint density at radius 1 is 0.955 bits per heavy atom. The van der Waals surface area contributed by atoms with E-state index in [0.29, 0.717) is 35.2 Å². The van der Waals surface area contributed by atoms with Crippen molar-refractivity contribution in [2.75, 3.05) is 12.3 Å². The van der Waals surface area contributed by atoms with Crippen molar-refractivity contribution in [2.45, 2.75) is 36.7 Å². The van der Waals surface area contributed by atoms with Gasteiger partial charge in [0.15, 0.2) is 5.17 Å². The smallest absolute Gasteiger partial charge is 0.259 e. The number of halogens is 1. The van der Waals surface area contributed by atoms with Gasteiger partial charge in [-0.2, -0.15) is 0 Å². The molecule has 0 unspecified atom stereocenters. The van der Waals surface area contributed by atoms with Crippen LogP contribution in [0.3, 0.4) is 0 Å². The average molecular weight is 637 g/mol. The van der Waals surface area contributed by atoms with E-state index < -0.39 is 16.1 Å². The summed E-state index contributed by atoms with van der Waals surface area (Å²) in [6.07, 6.45) is 0.736. The Morgan fingerprint density at radius 3 is 2.39 bits per heavy atom. The molecular weight excluding hydrogens is 607 g/mol. The van der Waals surface area contributed by atoms with Crippen LogP contribution in [0.5, 0.6) is 0 Å². The summed E-state index contributed by atoms with van der Waals surface area (Å²) in [6, 6.07) is 18.4. The van der Waals surface area contributed by atoms with Gasteiger partial charge in [-0.05, 0) is 60.4 Å². The fourth-order valence-electron chi connectivity index (χ4n) is 4.62. The summed E-state index contributed by atoms with van der Waals surface area (Å²) >= 11 is 1.11. The molecule has 0 spiro atoms. The monoisotopic (exact) mass is 636 g/mol. The van der Waals surface area contributed by atoms with Crippen molar-refractivity contribution in [3.05, 3.63) is 95.3 Å². The fourth-order valence-corrected chi connectivity index (χ4v) is 5.97. The zero-order valence-electron chi connectivity index (χ0n) is 23.4. The summed E-state index contributed by atoms with van der Waals surface area (Å²) < 4.78 is 35.9. The highest BCUT2D eigenvalue weighted by Gasteiger charge is 2.41. The van der Waals surface area contributed by atoms with Gasteiger partial charge in [-0.25, -0.2) is 27.8 Å². The van der Waals surface area contributed by atoms with Crippen LogP contribution in [0.1, 0.15) is 29.5 Å². The molecule has 4 N–H and O–H groups in total. The minimum absolute atomic E-state index is 0.00112. The first-order chi connectivity index (χ1) is 21.1. The van der Waals surface area contributed by atoms with Crippen LogP contribution < -0.4 is 15.8 Å². The van der Waals surface area contributed by atoms with Crippen LogP contribution in [0.4, 0.5) is 10.1 Å². The van der Waals surface area contributed by atoms with E-state index in [2.05, 4.69) is 20.6 Å². The molecule has 14 heteroatoms. The predicted molar refractivity (Wildman–Crippen MR) is 165 cm³/mol. The molecule has 11 nitrogen and oxygen atoms in total. The Balaban J connectivity index is 1.16. The lowest BCUT2D eigenvalue weighted by molar-refractivity contribution is -0.125. The molecular formula is C30H29FN6O5S2. The summed E-state index contributed by atoms with van der Waals surface area (Å²) in [5, 5.41) is 11.0. The van der Waals surface area contributed by atoms with Crippen LogP contribution in [-0.4, -0.2) is 60.4 Å². The number of benzene rings is 3. The number of hydrogen-bond donors (Lipinski definition) is 3. The molecule has 0 fully saturated rings. The molecule has 44 heavy (non-hydrogen) atoms. The maximum atomic E-state index is 13.4. The third-order valence-corrected chi connectivity index (χ3v) is 8.78. The van der Waals surface area contributed by atoms with E-state index in [1.807, 2.05) is 18.2 Å². The fraction of sp³-hybridized carbons (Fsp3) is 0.233. The van der Waals surface area contributed by atoms with Gasteiger partial charge >= 0.3 is 0 Å². The maximum absolute atomic E-state index is 13.4. The van der Waals surface area contributed by atoms with Crippen LogP contribution in [0.15, 0.2) is 87.7 Å². The summed E-state index contributed by atoms with van der Waals surface area (Å²) in [7, 11) is -3.77. The lowest BCUT2D eigenvalue weighted by Gasteiger charge is -2.25. The number of para-hydroxylation sites is 1. The normalized spacial score (nSPS) is 15.6. The van der Waals surface area contributed by atoms with Crippen LogP contribution in [0.25, 0.3) is 0 Å². The number of nitrogens with two attached hydrogens (primary N) is 1. The molecule has 228 valence electrons. The second-order valence-corrected chi connectivity index (χ2v) is 12.6. The summed E-state index contributed by atoms with van der Waals surface area (Å²) in [6.45, 7) is 0.566. The third-order valence-electron chi connectivity index (χ3n) is 6.92. The van der Waals surface area contributed by atoms with Gasteiger partial charge in [0.2, 0.25) is 21.8 Å². The van der Waals surface area contributed by atoms with Crippen LogP contribution in [0, 0.1) is 5.82 Å². The lowest BCUT2D eigenvalue weighted by Crippen LogP contribution is -2.42. The van der Waals surface area contributed by atoms with Gasteiger partial charge in [0.1, 0.15) is 17.7 Å². The van der Waals surface area contributed by atoms with Crippen LogP contribution >= 0.6 is 11.8 Å². The van der Waals surface area contributed by atoms with Gasteiger partial charge in [0.25, 0.3) is 5.91 Å². The van der Waals surface area contributed by atoms with Crippen molar-refractivity contribution in [2.24, 2.45) is 15.1 Å². The molecule has 2 aliphatic heterocycles. The lowest BCUT2D eigenvalue weighted by atomic mass is 10.1. The molecule has 0 aromatic heterocycles. The summed E-state index contributed by atoms with van der Waals surface area (Å²) in [4.78, 5) is 49.2. The quantitative estimate of drug-likeness (QED) is 0.293. The number of nitrogens with one attached hydrogen (secondary N) is 2. The number of aliphatic imine (C=N–C) groups is 2. The Morgan fingerprint density at radius 2 is 1.66 bits per heavy atom. The molecule has 0 radical (unpaired) electrons. The largest absolute Gasteiger partial charge is 0.355 e. The van der Waals surface area contributed by atoms with Gasteiger partial charge < -0.3 is 10.6 Å². The number of hydrogen-bond acceptors (Lipinski definition) is 8. The number of fused-ring (bicyclic) bond motifs is 3. The van der Waals surface area contributed by atoms with Crippen molar-refractivity contribution in [1.29, 1.82) is 0 Å². The number of carbonyl (C=O) groups is 3. The highest BCUT2D eigenvalue weighted by Crippen LogP contribution is 2.34. The van der Waals surface area contributed by atoms with Crippen molar-refractivity contribution in [3.63, 3.8) is 0 Å². The van der Waals surface area contributed by atoms with Crippen molar-refractivity contribution < 1.29 is 27.2 Å². The van der Waals surface area contributed by atoms with Crippen LogP contribution in [0.2, 0.25) is 0 Å². The molecule has 1 atom stereocenters. The standard InChI is InChI=1S/C30H29FN6O5S2/c31-21-9-5-20(6-10-21)17-34-26(38)14-13-25-29(40)37-28(35-25)23-3-1-2-4-24(23)36-30(37)43-18-27(39)33-16-15-19-7-11-22(12-8-19)44(32,41)42/h1-12,25H,13-18H2,(H,33,39)(H,34,38)(H2,32,41,42)/t25-/m1/s1. The minimum atomic E-state index is -3.77. The molecule has 3 aromatic rings. The average Bonchev–Trinajstić information content (AvgIpc) is 3.34. The van der Waals surface area contributed by atoms with E-state index in [4.69, 9.17) is 5.14 Å². The maximum Gasteiger partial charge on any atom is 0.259 e. The Hall–Kier alpha value is -4.40. The topological polar surface area (TPSA) is 163 Å². The second kappa shape index (κ2) is 13.5. The zero-order chi connectivity index (χ0) is 31.3. The van der Waals surface area contributed by atoms with E-state index in [0.717, 1.165) is 22.9 Å². The molecule has 0 bridgehead atoms. The summed E-state index contributed by atoms with van der Waals surface area (Å²) in [5.41, 5.74) is 2.90. The number of thioether (sulfide) groups is 1. The predicted octanol–water partition coefficient (Wildman–Crippen LogP) is 2.62. The van der Waals surface area contributed by atoms with E-state index in [-0.39, 0.29) is 53.6 Å². The molecule has 0 aliphatic carbocycles. The Labute approximate surface area is 257 Å². The zero-order valence-corrected chi connectivity index (χ0v) is 25.0. The Bertz CT molecular complexity index is 1740.